The van der Waals surface area contributed by atoms with Crippen molar-refractivity contribution in [2.24, 2.45) is 0 Å². The lowest BCUT2D eigenvalue weighted by molar-refractivity contribution is 0.209. The maximum atomic E-state index is 12.4. The van der Waals surface area contributed by atoms with Crippen LogP contribution in [0.15, 0.2) is 0 Å². The molecule has 0 aliphatic carbocycles. The van der Waals surface area contributed by atoms with Gasteiger partial charge in [-0.05, 0) is 33.2 Å². The van der Waals surface area contributed by atoms with Crippen LogP contribution >= 0.6 is 0 Å². The number of hydrogen-bond donors (Lipinski definition) is 1. The molecule has 1 rings (SSSR count). The molecular formula is C9H18F2N2O2S. The Morgan fingerprint density at radius 1 is 1.44 bits per heavy atom. The third kappa shape index (κ3) is 3.11. The highest BCUT2D eigenvalue weighted by atomic mass is 32.2. The topological polar surface area (TPSA) is 49.4 Å². The number of sulfonamides is 1. The Hall–Kier alpha value is -0.270. The van der Waals surface area contributed by atoms with Crippen molar-refractivity contribution in [3.63, 3.8) is 0 Å². The second-order valence-electron chi connectivity index (χ2n) is 4.26. The van der Waals surface area contributed by atoms with Gasteiger partial charge in [-0.2, -0.15) is 13.1 Å². The summed E-state index contributed by atoms with van der Waals surface area (Å²) in [6.45, 7) is 4.17. The number of halogens is 2. The fourth-order valence-electron chi connectivity index (χ4n) is 1.84. The molecule has 0 saturated carbocycles. The molecule has 1 fully saturated rings. The molecule has 1 aliphatic heterocycles. The minimum absolute atomic E-state index is 0.00377. The predicted molar refractivity (Wildman–Crippen MR) is 57.8 cm³/mol. The zero-order valence-electron chi connectivity index (χ0n) is 9.49. The Kier molecular flexibility index (Phi) is 4.63. The van der Waals surface area contributed by atoms with E-state index in [0.717, 1.165) is 23.7 Å². The quantitative estimate of drug-likeness (QED) is 0.798. The molecule has 1 aliphatic rings. The van der Waals surface area contributed by atoms with E-state index in [0.29, 0.717) is 0 Å². The molecule has 1 N–H and O–H groups in total. The first-order valence-corrected chi connectivity index (χ1v) is 6.88. The summed E-state index contributed by atoms with van der Waals surface area (Å²) in [5, 5.41) is 3.10. The van der Waals surface area contributed by atoms with Crippen LogP contribution < -0.4 is 5.32 Å². The van der Waals surface area contributed by atoms with Crippen LogP contribution in [0.5, 0.6) is 0 Å². The van der Waals surface area contributed by atoms with Crippen LogP contribution in [0.1, 0.15) is 26.7 Å². The molecule has 4 nitrogen and oxygen atoms in total. The SMILES string of the molecule is CC(C)N(CC1CCCN1)S(=O)(=O)C(F)F. The Morgan fingerprint density at radius 2 is 2.06 bits per heavy atom. The summed E-state index contributed by atoms with van der Waals surface area (Å²) >= 11 is 0. The number of nitrogens with zero attached hydrogens (tertiary/aromatic N) is 1. The van der Waals surface area contributed by atoms with Crippen molar-refractivity contribution in [1.29, 1.82) is 0 Å². The molecule has 1 atom stereocenters. The molecule has 0 radical (unpaired) electrons. The first-order valence-electron chi connectivity index (χ1n) is 5.38. The van der Waals surface area contributed by atoms with Gasteiger partial charge in [0.1, 0.15) is 0 Å². The maximum absolute atomic E-state index is 12.4. The van der Waals surface area contributed by atoms with Crippen molar-refractivity contribution in [1.82, 2.24) is 9.62 Å². The summed E-state index contributed by atoms with van der Waals surface area (Å²) < 4.78 is 48.6. The van der Waals surface area contributed by atoms with E-state index in [1.165, 1.54) is 0 Å². The normalized spacial score (nSPS) is 22.6. The van der Waals surface area contributed by atoms with Crippen LogP contribution in [0.2, 0.25) is 0 Å². The van der Waals surface area contributed by atoms with Crippen molar-refractivity contribution in [2.45, 2.75) is 44.5 Å². The van der Waals surface area contributed by atoms with Crippen LogP contribution in [-0.2, 0) is 10.0 Å². The molecule has 1 unspecified atom stereocenters. The van der Waals surface area contributed by atoms with Gasteiger partial charge in [0, 0.05) is 18.6 Å². The van der Waals surface area contributed by atoms with Gasteiger partial charge in [-0.3, -0.25) is 0 Å². The van der Waals surface area contributed by atoms with E-state index in [-0.39, 0.29) is 12.6 Å². The highest BCUT2D eigenvalue weighted by Gasteiger charge is 2.35. The van der Waals surface area contributed by atoms with Gasteiger partial charge in [-0.25, -0.2) is 8.42 Å². The molecule has 0 bridgehead atoms. The molecule has 0 amide bonds. The monoisotopic (exact) mass is 256 g/mol. The largest absolute Gasteiger partial charge is 0.350 e. The highest BCUT2D eigenvalue weighted by molar-refractivity contribution is 7.89. The van der Waals surface area contributed by atoms with Crippen molar-refractivity contribution >= 4 is 10.0 Å². The molecule has 7 heteroatoms. The standard InChI is InChI=1S/C9H18F2N2O2S/c1-7(2)13(16(14,15)9(10)11)6-8-4-3-5-12-8/h7-9,12H,3-6H2,1-2H3. The third-order valence-electron chi connectivity index (χ3n) is 2.69. The van der Waals surface area contributed by atoms with Gasteiger partial charge in [0.15, 0.2) is 0 Å². The van der Waals surface area contributed by atoms with E-state index in [4.69, 9.17) is 0 Å². The van der Waals surface area contributed by atoms with E-state index >= 15 is 0 Å². The van der Waals surface area contributed by atoms with E-state index < -0.39 is 21.8 Å². The van der Waals surface area contributed by atoms with Crippen molar-refractivity contribution in [3.05, 3.63) is 0 Å². The highest BCUT2D eigenvalue weighted by Crippen LogP contribution is 2.18. The van der Waals surface area contributed by atoms with Gasteiger partial charge in [-0.15, -0.1) is 0 Å². The van der Waals surface area contributed by atoms with Gasteiger partial charge in [0.25, 0.3) is 10.0 Å². The average Bonchev–Trinajstić information content (AvgIpc) is 2.65. The van der Waals surface area contributed by atoms with Gasteiger partial charge >= 0.3 is 5.76 Å². The van der Waals surface area contributed by atoms with Crippen LogP contribution in [0.4, 0.5) is 8.78 Å². The second kappa shape index (κ2) is 5.37. The van der Waals surface area contributed by atoms with Gasteiger partial charge in [0.2, 0.25) is 0 Å². The Morgan fingerprint density at radius 3 is 2.44 bits per heavy atom. The number of alkyl halides is 2. The van der Waals surface area contributed by atoms with E-state index in [1.54, 1.807) is 13.8 Å². The summed E-state index contributed by atoms with van der Waals surface area (Å²) in [7, 11) is -4.47. The minimum atomic E-state index is -4.47. The minimum Gasteiger partial charge on any atom is -0.313 e. The van der Waals surface area contributed by atoms with E-state index in [1.807, 2.05) is 0 Å². The van der Waals surface area contributed by atoms with Gasteiger partial charge in [-0.1, -0.05) is 0 Å². The van der Waals surface area contributed by atoms with Crippen molar-refractivity contribution in [3.8, 4) is 0 Å². The predicted octanol–water partition coefficient (Wildman–Crippen LogP) is 1.00. The fourth-order valence-corrected chi connectivity index (χ4v) is 3.02. The summed E-state index contributed by atoms with van der Waals surface area (Å²) in [5.41, 5.74) is 0. The van der Waals surface area contributed by atoms with Crippen LogP contribution in [0.25, 0.3) is 0 Å². The fraction of sp³-hybridized carbons (Fsp3) is 1.00. The average molecular weight is 256 g/mol. The van der Waals surface area contributed by atoms with Crippen molar-refractivity contribution < 1.29 is 17.2 Å². The summed E-state index contributed by atoms with van der Waals surface area (Å²) in [6.07, 6.45) is 1.80. The maximum Gasteiger partial charge on any atom is 0.350 e. The van der Waals surface area contributed by atoms with E-state index in [9.17, 15) is 17.2 Å². The van der Waals surface area contributed by atoms with Crippen LogP contribution in [0.3, 0.4) is 0 Å². The Bertz CT molecular complexity index is 313. The first kappa shape index (κ1) is 13.8. The first-order chi connectivity index (χ1) is 7.35. The lowest BCUT2D eigenvalue weighted by atomic mass is 10.2. The Labute approximate surface area is 95.1 Å². The summed E-state index contributed by atoms with van der Waals surface area (Å²) in [5.74, 6) is -3.34. The van der Waals surface area contributed by atoms with Crippen LogP contribution in [-0.4, -0.2) is 43.7 Å². The summed E-state index contributed by atoms with van der Waals surface area (Å²) in [6, 6.07) is -0.447. The van der Waals surface area contributed by atoms with Crippen LogP contribution in [0, 0.1) is 0 Å². The molecule has 96 valence electrons. The smallest absolute Gasteiger partial charge is 0.313 e. The van der Waals surface area contributed by atoms with Crippen molar-refractivity contribution in [2.75, 3.05) is 13.1 Å². The Balaban J connectivity index is 2.74. The molecule has 0 aromatic rings. The molecule has 1 saturated heterocycles. The number of hydrogen-bond acceptors (Lipinski definition) is 3. The molecule has 0 aromatic heterocycles. The zero-order chi connectivity index (χ0) is 12.3. The third-order valence-corrected chi connectivity index (χ3v) is 4.37. The second-order valence-corrected chi connectivity index (χ2v) is 6.12. The number of rotatable bonds is 5. The molecular weight excluding hydrogens is 238 g/mol. The lowest BCUT2D eigenvalue weighted by Gasteiger charge is -2.27. The zero-order valence-corrected chi connectivity index (χ0v) is 10.3. The molecule has 1 heterocycles. The summed E-state index contributed by atoms with van der Waals surface area (Å²) in [4.78, 5) is 0. The lowest BCUT2D eigenvalue weighted by Crippen LogP contribution is -2.46. The molecule has 0 spiro atoms. The molecule has 0 aromatic carbocycles. The number of nitrogens with one attached hydrogen (secondary N) is 1. The van der Waals surface area contributed by atoms with Gasteiger partial charge < -0.3 is 5.32 Å². The van der Waals surface area contributed by atoms with Gasteiger partial charge in [0.05, 0.1) is 0 Å². The molecule has 16 heavy (non-hydrogen) atoms. The van der Waals surface area contributed by atoms with E-state index in [2.05, 4.69) is 5.32 Å².